The minimum atomic E-state index is -3.50. The number of aromatic nitrogens is 1. The molecule has 0 radical (unpaired) electrons. The third-order valence-electron chi connectivity index (χ3n) is 3.86. The SMILES string of the molecule is CN(C)S(=O)(=O)c1ccc2oc(S[C@H]3CCCCC3=O)nc2c1. The van der Waals surface area contributed by atoms with Crippen molar-refractivity contribution in [3.05, 3.63) is 18.2 Å². The van der Waals surface area contributed by atoms with Crippen LogP contribution >= 0.6 is 11.8 Å². The molecule has 0 aliphatic heterocycles. The van der Waals surface area contributed by atoms with Crippen LogP contribution in [-0.4, -0.2) is 42.8 Å². The summed E-state index contributed by atoms with van der Waals surface area (Å²) in [5, 5.41) is 0.307. The number of oxazole rings is 1. The van der Waals surface area contributed by atoms with Gasteiger partial charge in [-0.15, -0.1) is 0 Å². The van der Waals surface area contributed by atoms with Gasteiger partial charge in [0.1, 0.15) is 11.3 Å². The Kier molecular flexibility index (Phi) is 4.48. The predicted octanol–water partition coefficient (Wildman–Crippen LogP) is 2.68. The van der Waals surface area contributed by atoms with Gasteiger partial charge in [-0.1, -0.05) is 18.2 Å². The maximum atomic E-state index is 12.2. The molecule has 1 aliphatic carbocycles. The van der Waals surface area contributed by atoms with Crippen molar-refractivity contribution in [2.45, 2.75) is 41.1 Å². The first-order valence-electron chi connectivity index (χ1n) is 7.40. The molecule has 1 saturated carbocycles. The highest BCUT2D eigenvalue weighted by molar-refractivity contribution is 8.00. The second-order valence-electron chi connectivity index (χ2n) is 5.72. The van der Waals surface area contributed by atoms with Gasteiger partial charge < -0.3 is 4.42 Å². The molecule has 3 rings (SSSR count). The maximum absolute atomic E-state index is 12.2. The second kappa shape index (κ2) is 6.26. The summed E-state index contributed by atoms with van der Waals surface area (Å²) >= 11 is 1.33. The number of Topliss-reactive ketones (excluding diaryl/α,β-unsaturated/α-hetero) is 1. The van der Waals surface area contributed by atoms with Crippen molar-refractivity contribution in [3.8, 4) is 0 Å². The summed E-state index contributed by atoms with van der Waals surface area (Å²) in [4.78, 5) is 16.4. The summed E-state index contributed by atoms with van der Waals surface area (Å²) in [5.74, 6) is 0.236. The highest BCUT2D eigenvalue weighted by Crippen LogP contribution is 2.33. The van der Waals surface area contributed by atoms with E-state index in [0.717, 1.165) is 23.6 Å². The molecular formula is C15H18N2O4S2. The number of sulfonamides is 1. The third-order valence-corrected chi connectivity index (χ3v) is 6.83. The van der Waals surface area contributed by atoms with E-state index in [-0.39, 0.29) is 15.9 Å². The number of ketones is 1. The van der Waals surface area contributed by atoms with Gasteiger partial charge in [0.15, 0.2) is 5.58 Å². The number of nitrogens with zero attached hydrogens (tertiary/aromatic N) is 2. The Bertz CT molecular complexity index is 842. The van der Waals surface area contributed by atoms with Crippen LogP contribution in [0, 0.1) is 0 Å². The lowest BCUT2D eigenvalue weighted by molar-refractivity contribution is -0.119. The monoisotopic (exact) mass is 354 g/mol. The average Bonchev–Trinajstić information content (AvgIpc) is 2.90. The molecule has 1 heterocycles. The van der Waals surface area contributed by atoms with Gasteiger partial charge in [-0.05, 0) is 31.0 Å². The molecule has 0 saturated heterocycles. The molecule has 6 nitrogen and oxygen atoms in total. The van der Waals surface area contributed by atoms with E-state index in [2.05, 4.69) is 4.98 Å². The van der Waals surface area contributed by atoms with E-state index >= 15 is 0 Å². The molecule has 1 atom stereocenters. The molecule has 8 heteroatoms. The average molecular weight is 354 g/mol. The van der Waals surface area contributed by atoms with E-state index in [4.69, 9.17) is 4.42 Å². The largest absolute Gasteiger partial charge is 0.431 e. The molecule has 0 bridgehead atoms. The molecule has 1 aliphatic rings. The maximum Gasteiger partial charge on any atom is 0.257 e. The predicted molar refractivity (Wildman–Crippen MR) is 88.0 cm³/mol. The topological polar surface area (TPSA) is 80.5 Å². The summed E-state index contributed by atoms with van der Waals surface area (Å²) in [6.07, 6.45) is 3.44. The Morgan fingerprint density at radius 2 is 2.09 bits per heavy atom. The van der Waals surface area contributed by atoms with Crippen molar-refractivity contribution in [1.82, 2.24) is 9.29 Å². The van der Waals surface area contributed by atoms with Gasteiger partial charge in [0, 0.05) is 20.5 Å². The normalized spacial score (nSPS) is 19.6. The number of hydrogen-bond acceptors (Lipinski definition) is 6. The Hall–Kier alpha value is -1.38. The molecule has 0 N–H and O–H groups in total. The number of fused-ring (bicyclic) bond motifs is 1. The second-order valence-corrected chi connectivity index (χ2v) is 9.02. The number of benzene rings is 1. The molecule has 0 amide bonds. The minimum Gasteiger partial charge on any atom is -0.431 e. The Morgan fingerprint density at radius 3 is 2.78 bits per heavy atom. The molecule has 0 unspecified atom stereocenters. The van der Waals surface area contributed by atoms with E-state index in [9.17, 15) is 13.2 Å². The summed E-state index contributed by atoms with van der Waals surface area (Å²) in [6, 6.07) is 4.61. The van der Waals surface area contributed by atoms with E-state index in [1.807, 2.05) is 0 Å². The summed E-state index contributed by atoms with van der Waals surface area (Å²) < 4.78 is 31.1. The standard InChI is InChI=1S/C15H18N2O4S2/c1-17(2)23(19,20)10-7-8-13-11(9-10)16-15(21-13)22-14-6-4-3-5-12(14)18/h7-9,14H,3-6H2,1-2H3/t14-/m0/s1. The number of rotatable bonds is 4. The number of thioether (sulfide) groups is 1. The van der Waals surface area contributed by atoms with Crippen molar-refractivity contribution in [1.29, 1.82) is 0 Å². The molecule has 2 aromatic rings. The zero-order chi connectivity index (χ0) is 16.6. The lowest BCUT2D eigenvalue weighted by Crippen LogP contribution is -2.22. The minimum absolute atomic E-state index is 0.109. The fourth-order valence-corrected chi connectivity index (χ4v) is 4.49. The van der Waals surface area contributed by atoms with Gasteiger partial charge >= 0.3 is 0 Å². The third kappa shape index (κ3) is 3.29. The van der Waals surface area contributed by atoms with Gasteiger partial charge in [0.25, 0.3) is 5.22 Å². The lowest BCUT2D eigenvalue weighted by Gasteiger charge is -2.17. The number of carbonyl (C=O) groups is 1. The van der Waals surface area contributed by atoms with E-state index in [1.54, 1.807) is 6.07 Å². The van der Waals surface area contributed by atoms with Gasteiger partial charge in [-0.25, -0.2) is 17.7 Å². The van der Waals surface area contributed by atoms with Crippen molar-refractivity contribution in [2.75, 3.05) is 14.1 Å². The Labute approximate surface area is 139 Å². The summed E-state index contributed by atoms with van der Waals surface area (Å²) in [5.41, 5.74) is 1.01. The van der Waals surface area contributed by atoms with Crippen molar-refractivity contribution >= 4 is 38.7 Å². The van der Waals surface area contributed by atoms with E-state index in [1.165, 1.54) is 38.0 Å². The van der Waals surface area contributed by atoms with Gasteiger partial charge in [0.2, 0.25) is 10.0 Å². The molecule has 1 fully saturated rings. The molecule has 23 heavy (non-hydrogen) atoms. The van der Waals surface area contributed by atoms with Crippen molar-refractivity contribution in [2.24, 2.45) is 0 Å². The van der Waals surface area contributed by atoms with Crippen LogP contribution in [0.4, 0.5) is 0 Å². The summed E-state index contributed by atoms with van der Waals surface area (Å²) in [7, 11) is -0.535. The van der Waals surface area contributed by atoms with E-state index < -0.39 is 10.0 Å². The van der Waals surface area contributed by atoms with Crippen LogP contribution in [0.15, 0.2) is 32.7 Å². The molecule has 124 valence electrons. The number of carbonyl (C=O) groups excluding carboxylic acids is 1. The number of hydrogen-bond donors (Lipinski definition) is 0. The fourth-order valence-electron chi connectivity index (χ4n) is 2.51. The molecule has 0 spiro atoms. The highest BCUT2D eigenvalue weighted by atomic mass is 32.2. The van der Waals surface area contributed by atoms with Crippen LogP contribution in [-0.2, 0) is 14.8 Å². The zero-order valence-corrected chi connectivity index (χ0v) is 14.6. The first-order chi connectivity index (χ1) is 10.9. The first-order valence-corrected chi connectivity index (χ1v) is 9.72. The quantitative estimate of drug-likeness (QED) is 0.840. The molecular weight excluding hydrogens is 336 g/mol. The lowest BCUT2D eigenvalue weighted by atomic mass is 9.99. The molecule has 1 aromatic carbocycles. The van der Waals surface area contributed by atoms with Crippen LogP contribution in [0.2, 0.25) is 0 Å². The zero-order valence-electron chi connectivity index (χ0n) is 13.0. The van der Waals surface area contributed by atoms with Crippen molar-refractivity contribution in [3.63, 3.8) is 0 Å². The van der Waals surface area contributed by atoms with Crippen LogP contribution < -0.4 is 0 Å². The van der Waals surface area contributed by atoms with Crippen LogP contribution in [0.5, 0.6) is 0 Å². The fraction of sp³-hybridized carbons (Fsp3) is 0.467. The Morgan fingerprint density at radius 1 is 1.30 bits per heavy atom. The Balaban J connectivity index is 1.89. The summed E-state index contributed by atoms with van der Waals surface area (Å²) in [6.45, 7) is 0. The van der Waals surface area contributed by atoms with Crippen LogP contribution in [0.25, 0.3) is 11.1 Å². The van der Waals surface area contributed by atoms with Gasteiger partial charge in [0.05, 0.1) is 10.1 Å². The van der Waals surface area contributed by atoms with Crippen LogP contribution in [0.3, 0.4) is 0 Å². The van der Waals surface area contributed by atoms with Gasteiger partial charge in [-0.3, -0.25) is 4.79 Å². The van der Waals surface area contributed by atoms with E-state index in [0.29, 0.717) is 22.7 Å². The first kappa shape index (κ1) is 16.5. The smallest absolute Gasteiger partial charge is 0.257 e. The highest BCUT2D eigenvalue weighted by Gasteiger charge is 2.25. The van der Waals surface area contributed by atoms with Crippen molar-refractivity contribution < 1.29 is 17.6 Å². The molecule has 1 aromatic heterocycles. The van der Waals surface area contributed by atoms with Crippen LogP contribution in [0.1, 0.15) is 25.7 Å². The van der Waals surface area contributed by atoms with Gasteiger partial charge in [-0.2, -0.15) is 0 Å².